The molecule has 5 fully saturated rings. The zero-order valence-electron chi connectivity index (χ0n) is 18.8. The Kier molecular flexibility index (Phi) is 5.76. The van der Waals surface area contributed by atoms with Gasteiger partial charge in [0, 0.05) is 5.92 Å². The van der Waals surface area contributed by atoms with Gasteiger partial charge in [0.05, 0.1) is 17.9 Å². The minimum absolute atomic E-state index is 0.0858. The molecule has 9 nitrogen and oxygen atoms in total. The van der Waals surface area contributed by atoms with Crippen LogP contribution in [0.3, 0.4) is 0 Å². The number of imide groups is 1. The van der Waals surface area contributed by atoms with E-state index in [1.165, 1.54) is 0 Å². The van der Waals surface area contributed by atoms with Crippen molar-refractivity contribution in [2.75, 3.05) is 0 Å². The van der Waals surface area contributed by atoms with Crippen LogP contribution in [0, 0.1) is 40.9 Å². The number of nitrogens with zero attached hydrogens (tertiary/aromatic N) is 1. The van der Waals surface area contributed by atoms with Crippen molar-refractivity contribution in [3.63, 3.8) is 0 Å². The van der Waals surface area contributed by atoms with Gasteiger partial charge in [0.25, 0.3) is 0 Å². The molecule has 5 aliphatic rings. The highest BCUT2D eigenvalue weighted by atomic mass is 16.5. The van der Waals surface area contributed by atoms with Crippen molar-refractivity contribution in [2.45, 2.75) is 56.7 Å². The fourth-order valence-corrected chi connectivity index (χ4v) is 6.09. The third-order valence-electron chi connectivity index (χ3n) is 7.88. The van der Waals surface area contributed by atoms with Gasteiger partial charge in [-0.15, -0.1) is 0 Å². The van der Waals surface area contributed by atoms with Gasteiger partial charge in [0.1, 0.15) is 18.2 Å². The van der Waals surface area contributed by atoms with Crippen LogP contribution in [-0.2, 0) is 25.7 Å². The van der Waals surface area contributed by atoms with Crippen LogP contribution in [0.5, 0.6) is 0 Å². The molecule has 4 saturated carbocycles. The molecule has 1 saturated heterocycles. The summed E-state index contributed by atoms with van der Waals surface area (Å²) in [6.45, 7) is 0.0858. The number of alkyl carbamates (subject to hydrolysis) is 1. The first-order valence-electron chi connectivity index (χ1n) is 12.0. The molecule has 0 radical (unpaired) electrons. The van der Waals surface area contributed by atoms with Crippen molar-refractivity contribution in [3.8, 4) is 6.07 Å². The lowest BCUT2D eigenvalue weighted by atomic mass is 9.52. The van der Waals surface area contributed by atoms with Crippen molar-refractivity contribution < 1.29 is 23.9 Å². The van der Waals surface area contributed by atoms with Crippen LogP contribution >= 0.6 is 0 Å². The summed E-state index contributed by atoms with van der Waals surface area (Å²) in [6, 6.07) is 10.7. The molecule has 1 aromatic carbocycles. The zero-order chi connectivity index (χ0) is 23.9. The second-order valence-electron chi connectivity index (χ2n) is 10.1. The monoisotopic (exact) mass is 464 g/mol. The second-order valence-corrected chi connectivity index (χ2v) is 10.1. The van der Waals surface area contributed by atoms with E-state index >= 15 is 0 Å². The molecule has 6 rings (SSSR count). The van der Waals surface area contributed by atoms with Gasteiger partial charge < -0.3 is 15.4 Å². The van der Waals surface area contributed by atoms with Gasteiger partial charge in [-0.25, -0.2) is 4.79 Å². The number of benzene rings is 1. The third-order valence-corrected chi connectivity index (χ3v) is 7.88. The second kappa shape index (κ2) is 8.75. The van der Waals surface area contributed by atoms with Crippen molar-refractivity contribution in [1.29, 1.82) is 5.26 Å². The number of hydrogen-bond acceptors (Lipinski definition) is 6. The van der Waals surface area contributed by atoms with Crippen LogP contribution in [0.25, 0.3) is 0 Å². The van der Waals surface area contributed by atoms with Gasteiger partial charge in [-0.3, -0.25) is 19.7 Å². The molecule has 0 unspecified atom stereocenters. The van der Waals surface area contributed by atoms with Crippen LogP contribution in [0.15, 0.2) is 30.3 Å². The Morgan fingerprint density at radius 2 is 1.85 bits per heavy atom. The number of ether oxygens (including phenoxy) is 1. The molecule has 0 spiro atoms. The topological polar surface area (TPSA) is 137 Å². The van der Waals surface area contributed by atoms with Gasteiger partial charge in [-0.2, -0.15) is 5.26 Å². The van der Waals surface area contributed by atoms with E-state index in [0.717, 1.165) is 24.8 Å². The van der Waals surface area contributed by atoms with Crippen LogP contribution in [0.2, 0.25) is 0 Å². The Labute approximate surface area is 197 Å². The van der Waals surface area contributed by atoms with Crippen LogP contribution < -0.4 is 16.0 Å². The normalized spacial score (nSPS) is 32.2. The minimum atomic E-state index is -1.24. The standard InChI is InChI=1S/C25H28N4O5/c26-13-25(11-16-8-9-17(25)20-19(16)22(31)28-23(20)32)29-21(30)18(10-14-6-7-14)27-24(33)34-12-15-4-2-1-3-5-15/h1-5,14,16-20H,6-12H2,(H,27,33)(H,29,30)(H,28,31,32)/t16-,17-,18+,19+,20-,25+/m1/s1. The van der Waals surface area contributed by atoms with Gasteiger partial charge in [0.15, 0.2) is 0 Å². The lowest BCUT2D eigenvalue weighted by Crippen LogP contribution is -2.66. The van der Waals surface area contributed by atoms with Crippen molar-refractivity contribution in [1.82, 2.24) is 16.0 Å². The number of nitrogens with one attached hydrogen (secondary N) is 3. The number of carbonyl (C=O) groups is 4. The summed E-state index contributed by atoms with van der Waals surface area (Å²) in [4.78, 5) is 50.6. The average molecular weight is 465 g/mol. The Morgan fingerprint density at radius 1 is 1.12 bits per heavy atom. The summed E-state index contributed by atoms with van der Waals surface area (Å²) in [6.07, 6.45) is 3.43. The number of nitriles is 1. The Hall–Kier alpha value is -3.41. The Morgan fingerprint density at radius 3 is 2.56 bits per heavy atom. The van der Waals surface area contributed by atoms with Crippen LogP contribution in [-0.4, -0.2) is 35.4 Å². The molecule has 3 N–H and O–H groups in total. The quantitative estimate of drug-likeness (QED) is 0.526. The zero-order valence-corrected chi connectivity index (χ0v) is 18.8. The van der Waals surface area contributed by atoms with E-state index < -0.39 is 41.3 Å². The predicted molar refractivity (Wildman–Crippen MR) is 118 cm³/mol. The number of amides is 4. The smallest absolute Gasteiger partial charge is 0.408 e. The highest BCUT2D eigenvalue weighted by Gasteiger charge is 2.64. The first-order chi connectivity index (χ1) is 16.4. The SMILES string of the molecule is N#C[C@@]1(NC(=O)[C@H](CC2CC2)NC(=O)OCc2ccccc2)C[C@H]2CC[C@@H]1[C@H]1C(=O)NC(=O)[C@@H]21. The van der Waals surface area contributed by atoms with Gasteiger partial charge in [-0.05, 0) is 43.1 Å². The van der Waals surface area contributed by atoms with E-state index in [1.54, 1.807) is 0 Å². The predicted octanol–water partition coefficient (Wildman–Crippen LogP) is 1.78. The molecular weight excluding hydrogens is 436 g/mol. The van der Waals surface area contributed by atoms with Crippen molar-refractivity contribution in [2.24, 2.45) is 29.6 Å². The first kappa shape index (κ1) is 22.4. The molecule has 4 aliphatic carbocycles. The fourth-order valence-electron chi connectivity index (χ4n) is 6.09. The van der Waals surface area contributed by atoms with E-state index in [2.05, 4.69) is 22.0 Å². The largest absolute Gasteiger partial charge is 0.445 e. The molecule has 1 aliphatic heterocycles. The van der Waals surface area contributed by atoms with E-state index in [4.69, 9.17) is 4.74 Å². The van der Waals surface area contributed by atoms with Crippen LogP contribution in [0.1, 0.15) is 44.1 Å². The summed E-state index contributed by atoms with van der Waals surface area (Å²) in [7, 11) is 0. The van der Waals surface area contributed by atoms with E-state index in [1.807, 2.05) is 30.3 Å². The molecule has 6 atom stereocenters. The summed E-state index contributed by atoms with van der Waals surface area (Å²) in [5.74, 6) is -2.30. The van der Waals surface area contributed by atoms with Gasteiger partial charge >= 0.3 is 6.09 Å². The molecule has 4 amide bonds. The fraction of sp³-hybridized carbons (Fsp3) is 0.560. The lowest BCUT2D eigenvalue weighted by molar-refractivity contribution is -0.137. The molecule has 1 aromatic rings. The van der Waals surface area contributed by atoms with Crippen molar-refractivity contribution in [3.05, 3.63) is 35.9 Å². The maximum atomic E-state index is 13.4. The maximum absolute atomic E-state index is 13.4. The van der Waals surface area contributed by atoms with Crippen LogP contribution in [0.4, 0.5) is 4.79 Å². The highest BCUT2D eigenvalue weighted by Crippen LogP contribution is 2.55. The summed E-state index contributed by atoms with van der Waals surface area (Å²) < 4.78 is 5.30. The number of rotatable bonds is 7. The minimum Gasteiger partial charge on any atom is -0.445 e. The molecule has 9 heteroatoms. The Balaban J connectivity index is 1.28. The number of hydrogen-bond donors (Lipinski definition) is 3. The summed E-state index contributed by atoms with van der Waals surface area (Å²) >= 11 is 0. The summed E-state index contributed by atoms with van der Waals surface area (Å²) in [5.41, 5.74) is -0.401. The van der Waals surface area contributed by atoms with Gasteiger partial charge in [-0.1, -0.05) is 43.2 Å². The van der Waals surface area contributed by atoms with E-state index in [-0.39, 0.29) is 24.3 Å². The highest BCUT2D eigenvalue weighted by molar-refractivity contribution is 6.06. The molecule has 0 aromatic heterocycles. The van der Waals surface area contributed by atoms with E-state index in [9.17, 15) is 24.4 Å². The lowest BCUT2D eigenvalue weighted by Gasteiger charge is -2.52. The number of carbonyl (C=O) groups excluding carboxylic acids is 4. The van der Waals surface area contributed by atoms with Crippen molar-refractivity contribution >= 4 is 23.8 Å². The maximum Gasteiger partial charge on any atom is 0.408 e. The molecule has 178 valence electrons. The first-order valence-corrected chi connectivity index (χ1v) is 12.0. The average Bonchev–Trinajstić information content (AvgIpc) is 3.61. The van der Waals surface area contributed by atoms with Gasteiger partial charge in [0.2, 0.25) is 17.7 Å². The molecular formula is C25H28N4O5. The molecule has 2 bridgehead atoms. The molecule has 1 heterocycles. The third kappa shape index (κ3) is 4.13. The summed E-state index contributed by atoms with van der Waals surface area (Å²) in [5, 5.41) is 18.2. The number of fused-ring (bicyclic) bond motifs is 2. The molecule has 34 heavy (non-hydrogen) atoms. The van der Waals surface area contributed by atoms with E-state index in [0.29, 0.717) is 25.2 Å². The Bertz CT molecular complexity index is 1050.